The lowest BCUT2D eigenvalue weighted by Crippen LogP contribution is -2.41. The Balaban J connectivity index is 1.94. The largest absolute Gasteiger partial charge is 0.447 e. The van der Waals surface area contributed by atoms with E-state index in [1.54, 1.807) is 6.07 Å². The van der Waals surface area contributed by atoms with Gasteiger partial charge in [-0.3, -0.25) is 0 Å². The van der Waals surface area contributed by atoms with Crippen LogP contribution in [0.25, 0.3) is 0 Å². The predicted octanol–water partition coefficient (Wildman–Crippen LogP) is 1.02. The summed E-state index contributed by atoms with van der Waals surface area (Å²) < 4.78 is 30.2. The molecule has 0 aromatic carbocycles. The SMILES string of the molecule is CN(C)S(=O)(=O)c1ccc(CNN2CCCCC2)o1. The third-order valence-corrected chi connectivity index (χ3v) is 4.89. The summed E-state index contributed by atoms with van der Waals surface area (Å²) >= 11 is 0. The summed E-state index contributed by atoms with van der Waals surface area (Å²) in [5.41, 5.74) is 3.26. The van der Waals surface area contributed by atoms with E-state index in [0.717, 1.165) is 17.4 Å². The minimum absolute atomic E-state index is 0.00653. The Labute approximate surface area is 114 Å². The van der Waals surface area contributed by atoms with E-state index >= 15 is 0 Å². The Bertz CT molecular complexity index is 504. The third kappa shape index (κ3) is 3.56. The van der Waals surface area contributed by atoms with Crippen LogP contribution in [0.3, 0.4) is 0 Å². The van der Waals surface area contributed by atoms with Crippen LogP contribution in [0.1, 0.15) is 25.0 Å². The van der Waals surface area contributed by atoms with Crippen molar-refractivity contribution < 1.29 is 12.8 Å². The van der Waals surface area contributed by atoms with Crippen molar-refractivity contribution in [1.29, 1.82) is 0 Å². The molecule has 0 bridgehead atoms. The highest BCUT2D eigenvalue weighted by atomic mass is 32.2. The summed E-state index contributed by atoms with van der Waals surface area (Å²) in [5, 5.41) is 2.15. The first-order chi connectivity index (χ1) is 9.00. The van der Waals surface area contributed by atoms with Gasteiger partial charge in [0.25, 0.3) is 10.0 Å². The van der Waals surface area contributed by atoms with Crippen LogP contribution in [-0.2, 0) is 16.6 Å². The summed E-state index contributed by atoms with van der Waals surface area (Å²) in [5.74, 6) is 0.631. The molecule has 0 aliphatic carbocycles. The molecular weight excluding hydrogens is 266 g/mol. The molecule has 6 nitrogen and oxygen atoms in total. The monoisotopic (exact) mass is 287 g/mol. The molecule has 0 radical (unpaired) electrons. The molecule has 1 aromatic rings. The minimum Gasteiger partial charge on any atom is -0.447 e. The van der Waals surface area contributed by atoms with E-state index in [-0.39, 0.29) is 5.09 Å². The van der Waals surface area contributed by atoms with E-state index in [1.807, 2.05) is 0 Å². The van der Waals surface area contributed by atoms with E-state index in [2.05, 4.69) is 10.4 Å². The lowest BCUT2D eigenvalue weighted by Gasteiger charge is -2.26. The number of hydrazine groups is 1. The maximum atomic E-state index is 11.9. The van der Waals surface area contributed by atoms with Crippen LogP contribution in [0.15, 0.2) is 21.6 Å². The Morgan fingerprint density at radius 1 is 1.26 bits per heavy atom. The molecule has 0 atom stereocenters. The Hall–Kier alpha value is -0.890. The van der Waals surface area contributed by atoms with Crippen molar-refractivity contribution in [3.05, 3.63) is 17.9 Å². The first-order valence-corrected chi connectivity index (χ1v) is 7.94. The summed E-state index contributed by atoms with van der Waals surface area (Å²) in [7, 11) is -0.495. The quantitative estimate of drug-likeness (QED) is 0.876. The molecule has 108 valence electrons. The summed E-state index contributed by atoms with van der Waals surface area (Å²) in [6.45, 7) is 2.58. The lowest BCUT2D eigenvalue weighted by atomic mass is 10.2. The number of furan rings is 1. The maximum absolute atomic E-state index is 11.9. The molecule has 1 N–H and O–H groups in total. The van der Waals surface area contributed by atoms with Gasteiger partial charge in [-0.25, -0.2) is 23.2 Å². The molecule has 2 rings (SSSR count). The van der Waals surface area contributed by atoms with E-state index in [0.29, 0.717) is 12.3 Å². The number of hydrogen-bond donors (Lipinski definition) is 1. The Morgan fingerprint density at radius 2 is 1.95 bits per heavy atom. The molecule has 0 saturated carbocycles. The van der Waals surface area contributed by atoms with Gasteiger partial charge in [-0.1, -0.05) is 6.42 Å². The number of rotatable bonds is 5. The summed E-state index contributed by atoms with van der Waals surface area (Å²) in [4.78, 5) is 0. The Kier molecular flexibility index (Phi) is 4.62. The van der Waals surface area contributed by atoms with E-state index in [1.165, 1.54) is 39.4 Å². The molecular formula is C12H21N3O3S. The van der Waals surface area contributed by atoms with Crippen molar-refractivity contribution in [2.45, 2.75) is 30.9 Å². The van der Waals surface area contributed by atoms with Crippen molar-refractivity contribution in [2.24, 2.45) is 0 Å². The fourth-order valence-corrected chi connectivity index (χ4v) is 2.83. The van der Waals surface area contributed by atoms with Crippen LogP contribution in [-0.4, -0.2) is 44.9 Å². The van der Waals surface area contributed by atoms with Gasteiger partial charge in [-0.2, -0.15) is 0 Å². The van der Waals surface area contributed by atoms with Gasteiger partial charge >= 0.3 is 0 Å². The maximum Gasteiger partial charge on any atom is 0.275 e. The van der Waals surface area contributed by atoms with E-state index in [9.17, 15) is 8.42 Å². The molecule has 2 heterocycles. The summed E-state index contributed by atoms with van der Waals surface area (Å²) in [6.07, 6.45) is 3.68. The van der Waals surface area contributed by atoms with Gasteiger partial charge in [0.15, 0.2) is 0 Å². The standard InChI is InChI=1S/C12H21N3O3S/c1-14(2)19(16,17)12-7-6-11(18-12)10-13-15-8-4-3-5-9-15/h6-7,13H,3-5,8-10H2,1-2H3. The fraction of sp³-hybridized carbons (Fsp3) is 0.667. The summed E-state index contributed by atoms with van der Waals surface area (Å²) in [6, 6.07) is 3.20. The van der Waals surface area contributed by atoms with Gasteiger partial charge in [0.1, 0.15) is 5.76 Å². The van der Waals surface area contributed by atoms with Gasteiger partial charge in [-0.05, 0) is 25.0 Å². The number of piperidine rings is 1. The van der Waals surface area contributed by atoms with Crippen LogP contribution in [0.4, 0.5) is 0 Å². The Morgan fingerprint density at radius 3 is 2.58 bits per heavy atom. The predicted molar refractivity (Wildman–Crippen MR) is 71.8 cm³/mol. The molecule has 1 fully saturated rings. The highest BCUT2D eigenvalue weighted by Gasteiger charge is 2.21. The lowest BCUT2D eigenvalue weighted by molar-refractivity contribution is 0.145. The zero-order valence-corrected chi connectivity index (χ0v) is 12.2. The molecule has 7 heteroatoms. The molecule has 1 aliphatic rings. The topological polar surface area (TPSA) is 65.8 Å². The molecule has 0 spiro atoms. The van der Waals surface area contributed by atoms with Crippen molar-refractivity contribution >= 4 is 10.0 Å². The zero-order valence-electron chi connectivity index (χ0n) is 11.4. The smallest absolute Gasteiger partial charge is 0.275 e. The molecule has 0 unspecified atom stereocenters. The van der Waals surface area contributed by atoms with Crippen LogP contribution in [0, 0.1) is 0 Å². The van der Waals surface area contributed by atoms with Gasteiger partial charge < -0.3 is 4.42 Å². The second-order valence-electron chi connectivity index (χ2n) is 4.89. The number of nitrogens with one attached hydrogen (secondary N) is 1. The van der Waals surface area contributed by atoms with E-state index < -0.39 is 10.0 Å². The van der Waals surface area contributed by atoms with Crippen LogP contribution >= 0.6 is 0 Å². The molecule has 0 amide bonds. The average Bonchev–Trinajstić information content (AvgIpc) is 2.87. The van der Waals surface area contributed by atoms with Crippen molar-refractivity contribution in [3.8, 4) is 0 Å². The van der Waals surface area contributed by atoms with Crippen molar-refractivity contribution in [1.82, 2.24) is 14.7 Å². The van der Waals surface area contributed by atoms with Gasteiger partial charge in [0.2, 0.25) is 5.09 Å². The van der Waals surface area contributed by atoms with Crippen molar-refractivity contribution in [2.75, 3.05) is 27.2 Å². The zero-order chi connectivity index (χ0) is 13.9. The van der Waals surface area contributed by atoms with Gasteiger partial charge in [-0.15, -0.1) is 0 Å². The fourth-order valence-electron chi connectivity index (χ4n) is 2.01. The number of hydrogen-bond acceptors (Lipinski definition) is 5. The van der Waals surface area contributed by atoms with Gasteiger partial charge in [0, 0.05) is 27.2 Å². The van der Waals surface area contributed by atoms with Crippen LogP contribution in [0.5, 0.6) is 0 Å². The average molecular weight is 287 g/mol. The van der Waals surface area contributed by atoms with E-state index in [4.69, 9.17) is 4.42 Å². The normalized spacial score (nSPS) is 18.1. The van der Waals surface area contributed by atoms with Crippen LogP contribution in [0.2, 0.25) is 0 Å². The number of nitrogens with zero attached hydrogens (tertiary/aromatic N) is 2. The molecule has 1 aromatic heterocycles. The third-order valence-electron chi connectivity index (χ3n) is 3.20. The second-order valence-corrected chi connectivity index (χ2v) is 6.97. The minimum atomic E-state index is -3.47. The second kappa shape index (κ2) is 6.04. The number of sulfonamides is 1. The molecule has 1 aliphatic heterocycles. The first kappa shape index (κ1) is 14.5. The molecule has 19 heavy (non-hydrogen) atoms. The molecule has 1 saturated heterocycles. The van der Waals surface area contributed by atoms with Gasteiger partial charge in [0.05, 0.1) is 6.54 Å². The highest BCUT2D eigenvalue weighted by molar-refractivity contribution is 7.88. The van der Waals surface area contributed by atoms with Crippen LogP contribution < -0.4 is 5.43 Å². The first-order valence-electron chi connectivity index (χ1n) is 6.50. The van der Waals surface area contributed by atoms with Crippen molar-refractivity contribution in [3.63, 3.8) is 0 Å². The highest BCUT2D eigenvalue weighted by Crippen LogP contribution is 2.17.